The van der Waals surface area contributed by atoms with Crippen molar-refractivity contribution in [3.8, 4) is 6.07 Å². The zero-order valence-electron chi connectivity index (χ0n) is 9.23. The Bertz CT molecular complexity index is 308. The first-order valence-electron chi connectivity index (χ1n) is 4.63. The van der Waals surface area contributed by atoms with Crippen molar-refractivity contribution in [2.24, 2.45) is 0 Å². The maximum atomic E-state index is 11.3. The normalized spacial score (nSPS) is 13.4. The Kier molecular flexibility index (Phi) is 5.25. The summed E-state index contributed by atoms with van der Waals surface area (Å²) in [4.78, 5) is 23.1. The molecule has 3 N–H and O–H groups in total. The average Bonchev–Trinajstić information content (AvgIpc) is 2.22. The predicted octanol–water partition coefficient (Wildman–Crippen LogP) is -0.623. The number of carboxylic acid groups (broad SMARTS) is 1. The molecule has 0 rings (SSSR count). The van der Waals surface area contributed by atoms with Gasteiger partial charge in [0.05, 0.1) is 19.0 Å². The van der Waals surface area contributed by atoms with E-state index in [2.05, 4.69) is 5.32 Å². The van der Waals surface area contributed by atoms with Gasteiger partial charge in [0.25, 0.3) is 0 Å². The van der Waals surface area contributed by atoms with E-state index in [4.69, 9.17) is 10.4 Å². The number of nitrogens with one attached hydrogen (secondary N) is 1. The number of hydrogen-bond donors (Lipinski definition) is 3. The van der Waals surface area contributed by atoms with Crippen LogP contribution in [0.25, 0.3) is 0 Å². The number of amides is 2. The molecule has 16 heavy (non-hydrogen) atoms. The first-order valence-corrected chi connectivity index (χ1v) is 4.63. The van der Waals surface area contributed by atoms with Crippen LogP contribution in [0.4, 0.5) is 4.79 Å². The van der Waals surface area contributed by atoms with Crippen LogP contribution in [0.15, 0.2) is 0 Å². The maximum absolute atomic E-state index is 11.3. The number of aliphatic hydroxyl groups is 1. The lowest BCUT2D eigenvalue weighted by molar-refractivity contribution is -0.155. The number of carboxylic acids is 1. The Balaban J connectivity index is 4.08. The van der Waals surface area contributed by atoms with Crippen LogP contribution in [0, 0.1) is 11.3 Å². The molecule has 1 atom stereocenters. The van der Waals surface area contributed by atoms with Crippen molar-refractivity contribution in [2.45, 2.75) is 18.9 Å². The molecule has 0 radical (unpaired) electrons. The molecule has 0 aromatic carbocycles. The summed E-state index contributed by atoms with van der Waals surface area (Å²) in [6.07, 6.45) is 0.194. The molecule has 0 aliphatic carbocycles. The number of urea groups is 1. The standard InChI is InChI=1S/C9H15N3O4/c1-9(16,7(13)14)6-11-8(15)12(2)5-3-4-10/h16H,3,5-6H2,1-2H3,(H,11,15)(H,13,14). The molecule has 0 bridgehead atoms. The van der Waals surface area contributed by atoms with E-state index >= 15 is 0 Å². The molecule has 90 valence electrons. The van der Waals surface area contributed by atoms with Gasteiger partial charge in [-0.3, -0.25) is 0 Å². The zero-order valence-corrected chi connectivity index (χ0v) is 9.23. The molecule has 0 fully saturated rings. The number of hydrogen-bond acceptors (Lipinski definition) is 4. The quantitative estimate of drug-likeness (QED) is 0.581. The summed E-state index contributed by atoms with van der Waals surface area (Å²) < 4.78 is 0. The van der Waals surface area contributed by atoms with Crippen LogP contribution in [0.1, 0.15) is 13.3 Å². The van der Waals surface area contributed by atoms with E-state index in [1.54, 1.807) is 0 Å². The lowest BCUT2D eigenvalue weighted by Crippen LogP contribution is -2.49. The van der Waals surface area contributed by atoms with Crippen LogP contribution >= 0.6 is 0 Å². The lowest BCUT2D eigenvalue weighted by atomic mass is 10.1. The van der Waals surface area contributed by atoms with E-state index < -0.39 is 24.1 Å². The van der Waals surface area contributed by atoms with Crippen molar-refractivity contribution in [3.05, 3.63) is 0 Å². The summed E-state index contributed by atoms with van der Waals surface area (Å²) in [6, 6.07) is 1.35. The second-order valence-electron chi connectivity index (χ2n) is 3.57. The van der Waals surface area contributed by atoms with Gasteiger partial charge in [-0.15, -0.1) is 0 Å². The molecule has 0 saturated carbocycles. The SMILES string of the molecule is CN(CCC#N)C(=O)NCC(C)(O)C(=O)O. The highest BCUT2D eigenvalue weighted by Gasteiger charge is 2.30. The number of carbonyl (C=O) groups is 2. The number of nitriles is 1. The predicted molar refractivity (Wildman–Crippen MR) is 54.5 cm³/mol. The van der Waals surface area contributed by atoms with Gasteiger partial charge in [-0.1, -0.05) is 0 Å². The van der Waals surface area contributed by atoms with Gasteiger partial charge in [0.1, 0.15) is 0 Å². The maximum Gasteiger partial charge on any atom is 0.337 e. The Morgan fingerprint density at radius 1 is 1.56 bits per heavy atom. The number of rotatable bonds is 5. The van der Waals surface area contributed by atoms with Gasteiger partial charge < -0.3 is 20.4 Å². The van der Waals surface area contributed by atoms with E-state index in [0.29, 0.717) is 0 Å². The van der Waals surface area contributed by atoms with Gasteiger partial charge in [-0.25, -0.2) is 9.59 Å². The van der Waals surface area contributed by atoms with Crippen molar-refractivity contribution in [1.82, 2.24) is 10.2 Å². The third kappa shape index (κ3) is 4.61. The summed E-state index contributed by atoms with van der Waals surface area (Å²) in [7, 11) is 1.47. The molecule has 0 aromatic rings. The molecule has 7 nitrogen and oxygen atoms in total. The second-order valence-corrected chi connectivity index (χ2v) is 3.57. The highest BCUT2D eigenvalue weighted by atomic mass is 16.4. The Labute approximate surface area is 93.3 Å². The molecule has 1 unspecified atom stereocenters. The Hall–Kier alpha value is -1.81. The van der Waals surface area contributed by atoms with Gasteiger partial charge in [0.2, 0.25) is 0 Å². The van der Waals surface area contributed by atoms with Crippen molar-refractivity contribution in [2.75, 3.05) is 20.1 Å². The van der Waals surface area contributed by atoms with E-state index in [0.717, 1.165) is 6.92 Å². The number of carbonyl (C=O) groups excluding carboxylic acids is 1. The van der Waals surface area contributed by atoms with Gasteiger partial charge in [-0.2, -0.15) is 5.26 Å². The van der Waals surface area contributed by atoms with Crippen LogP contribution < -0.4 is 5.32 Å². The minimum atomic E-state index is -1.99. The summed E-state index contributed by atoms with van der Waals surface area (Å²) in [6.45, 7) is 0.945. The summed E-state index contributed by atoms with van der Waals surface area (Å²) in [5, 5.41) is 28.5. The summed E-state index contributed by atoms with van der Waals surface area (Å²) in [5.74, 6) is -1.41. The van der Waals surface area contributed by atoms with Gasteiger partial charge in [0.15, 0.2) is 5.60 Å². The minimum absolute atomic E-state index is 0.194. The molecule has 0 saturated heterocycles. The highest BCUT2D eigenvalue weighted by molar-refractivity contribution is 5.79. The monoisotopic (exact) mass is 229 g/mol. The third-order valence-corrected chi connectivity index (χ3v) is 1.95. The Morgan fingerprint density at radius 2 is 2.12 bits per heavy atom. The smallest absolute Gasteiger partial charge is 0.337 e. The van der Waals surface area contributed by atoms with Gasteiger partial charge in [0, 0.05) is 13.6 Å². The number of nitrogens with zero attached hydrogens (tertiary/aromatic N) is 2. The molecular formula is C9H15N3O4. The fraction of sp³-hybridized carbons (Fsp3) is 0.667. The summed E-state index contributed by atoms with van der Waals surface area (Å²) in [5.41, 5.74) is -1.99. The van der Waals surface area contributed by atoms with E-state index in [9.17, 15) is 14.7 Å². The molecule has 0 aromatic heterocycles. The van der Waals surface area contributed by atoms with E-state index in [1.807, 2.05) is 6.07 Å². The van der Waals surface area contributed by atoms with Crippen LogP contribution in [-0.2, 0) is 4.79 Å². The first kappa shape index (κ1) is 14.2. The van der Waals surface area contributed by atoms with Crippen molar-refractivity contribution < 1.29 is 19.8 Å². The fourth-order valence-corrected chi connectivity index (χ4v) is 0.778. The molecule has 0 spiro atoms. The first-order chi connectivity index (χ1) is 7.31. The third-order valence-electron chi connectivity index (χ3n) is 1.95. The van der Waals surface area contributed by atoms with Crippen molar-refractivity contribution in [1.29, 1.82) is 5.26 Å². The van der Waals surface area contributed by atoms with Crippen LogP contribution in [0.3, 0.4) is 0 Å². The molecule has 0 aliphatic rings. The minimum Gasteiger partial charge on any atom is -0.479 e. The van der Waals surface area contributed by atoms with Crippen LogP contribution in [-0.4, -0.2) is 52.9 Å². The topological polar surface area (TPSA) is 114 Å². The Morgan fingerprint density at radius 3 is 2.56 bits per heavy atom. The second kappa shape index (κ2) is 5.92. The van der Waals surface area contributed by atoms with E-state index in [-0.39, 0.29) is 13.0 Å². The van der Waals surface area contributed by atoms with Crippen molar-refractivity contribution in [3.63, 3.8) is 0 Å². The zero-order chi connectivity index (χ0) is 12.8. The van der Waals surface area contributed by atoms with Gasteiger partial charge in [-0.05, 0) is 6.92 Å². The summed E-state index contributed by atoms with van der Waals surface area (Å²) >= 11 is 0. The molecule has 7 heteroatoms. The van der Waals surface area contributed by atoms with Crippen LogP contribution in [0.5, 0.6) is 0 Å². The largest absolute Gasteiger partial charge is 0.479 e. The molecule has 2 amide bonds. The number of aliphatic carboxylic acids is 1. The average molecular weight is 229 g/mol. The lowest BCUT2D eigenvalue weighted by Gasteiger charge is -2.21. The molecule has 0 aliphatic heterocycles. The van der Waals surface area contributed by atoms with Crippen molar-refractivity contribution >= 4 is 12.0 Å². The molecule has 0 heterocycles. The fourth-order valence-electron chi connectivity index (χ4n) is 0.778. The van der Waals surface area contributed by atoms with Crippen LogP contribution in [0.2, 0.25) is 0 Å². The van der Waals surface area contributed by atoms with E-state index in [1.165, 1.54) is 11.9 Å². The highest BCUT2D eigenvalue weighted by Crippen LogP contribution is 2.01. The molecular weight excluding hydrogens is 214 g/mol. The van der Waals surface area contributed by atoms with Gasteiger partial charge >= 0.3 is 12.0 Å².